The fraction of sp³-hybridized carbons (Fsp3) is 0.957. The van der Waals surface area contributed by atoms with Gasteiger partial charge in [-0.15, -0.1) is 0 Å². The monoisotopic (exact) mass is 446 g/mol. The minimum Gasteiger partial charge on any atom is -0.363 e. The Morgan fingerprint density at radius 2 is 1.24 bits per heavy atom. The lowest BCUT2D eigenvalue weighted by molar-refractivity contribution is 0.529. The molecule has 1 aliphatic rings. The summed E-state index contributed by atoms with van der Waals surface area (Å²) in [6, 6.07) is -0.00852. The van der Waals surface area contributed by atoms with Crippen molar-refractivity contribution in [1.82, 2.24) is 10.6 Å². The summed E-state index contributed by atoms with van der Waals surface area (Å²) in [5.41, 5.74) is 0. The molecule has 2 N–H and O–H groups in total. The van der Waals surface area contributed by atoms with E-state index in [4.69, 9.17) is 12.2 Å². The molecule has 0 amide bonds. The lowest BCUT2D eigenvalue weighted by atomic mass is 10.0. The molecule has 0 saturated carbocycles. The Balaban J connectivity index is 1.75. The number of nitrogens with one attached hydrogen (secondary N) is 2. The molecule has 1 fully saturated rings. The molecule has 29 heavy (non-hydrogen) atoms. The van der Waals surface area contributed by atoms with Crippen LogP contribution in [0.3, 0.4) is 0 Å². The Bertz CT molecular complexity index is 509. The molecule has 0 spiro atoms. The maximum Gasteiger partial charge on any atom is 0.166 e. The molecule has 1 rings (SSSR count). The third-order valence-electron chi connectivity index (χ3n) is 5.88. The van der Waals surface area contributed by atoms with Gasteiger partial charge < -0.3 is 10.6 Å². The molecule has 0 aromatic heterocycles. The van der Waals surface area contributed by atoms with Crippen molar-refractivity contribution in [1.29, 1.82) is 0 Å². The van der Waals surface area contributed by atoms with Crippen LogP contribution in [0.1, 0.15) is 116 Å². The van der Waals surface area contributed by atoms with Gasteiger partial charge in [-0.2, -0.15) is 0 Å². The van der Waals surface area contributed by atoms with Gasteiger partial charge in [0.1, 0.15) is 0 Å². The van der Waals surface area contributed by atoms with Crippen LogP contribution in [0.4, 0.5) is 0 Å². The van der Waals surface area contributed by atoms with Gasteiger partial charge in [-0.05, 0) is 25.1 Å². The van der Waals surface area contributed by atoms with Gasteiger partial charge in [0.15, 0.2) is 14.9 Å². The van der Waals surface area contributed by atoms with Gasteiger partial charge in [0.05, 0.1) is 11.5 Å². The van der Waals surface area contributed by atoms with Crippen molar-refractivity contribution in [2.45, 2.75) is 122 Å². The van der Waals surface area contributed by atoms with Crippen LogP contribution in [0.15, 0.2) is 0 Å². The zero-order valence-electron chi connectivity index (χ0n) is 18.9. The predicted molar refractivity (Wildman–Crippen MR) is 130 cm³/mol. The fourth-order valence-corrected chi connectivity index (χ4v) is 5.96. The summed E-state index contributed by atoms with van der Waals surface area (Å²) in [5, 5.41) is 6.95. The van der Waals surface area contributed by atoms with Gasteiger partial charge in [0.2, 0.25) is 0 Å². The molecule has 0 bridgehead atoms. The van der Waals surface area contributed by atoms with Crippen LogP contribution >= 0.6 is 12.2 Å². The summed E-state index contributed by atoms with van der Waals surface area (Å²) < 4.78 is 22.9. The molecule has 4 nitrogen and oxygen atoms in total. The Morgan fingerprint density at radius 3 is 1.66 bits per heavy atom. The van der Waals surface area contributed by atoms with Crippen LogP contribution in [0.2, 0.25) is 0 Å². The Labute approximate surface area is 186 Å². The Morgan fingerprint density at radius 1 is 0.793 bits per heavy atom. The van der Waals surface area contributed by atoms with E-state index in [2.05, 4.69) is 17.6 Å². The largest absolute Gasteiger partial charge is 0.363 e. The van der Waals surface area contributed by atoms with Gasteiger partial charge >= 0.3 is 0 Å². The van der Waals surface area contributed by atoms with E-state index in [1.807, 2.05) is 0 Å². The molecule has 0 aromatic carbocycles. The van der Waals surface area contributed by atoms with Crippen molar-refractivity contribution in [2.75, 3.05) is 18.1 Å². The van der Waals surface area contributed by atoms with E-state index in [-0.39, 0.29) is 17.5 Å². The smallest absolute Gasteiger partial charge is 0.166 e. The molecular formula is C23H46N2O2S2. The number of sulfone groups is 1. The quantitative estimate of drug-likeness (QED) is 0.203. The topological polar surface area (TPSA) is 58.2 Å². The van der Waals surface area contributed by atoms with Crippen LogP contribution in [-0.4, -0.2) is 37.6 Å². The number of hydrogen-bond acceptors (Lipinski definition) is 3. The summed E-state index contributed by atoms with van der Waals surface area (Å²) in [5.74, 6) is 0.500. The zero-order chi connectivity index (χ0) is 21.2. The molecule has 1 heterocycles. The Kier molecular flexibility index (Phi) is 15.9. The van der Waals surface area contributed by atoms with E-state index in [0.717, 1.165) is 13.0 Å². The fourth-order valence-electron chi connectivity index (χ4n) is 4.02. The standard InChI is InChI=1S/C23H46N2O2S2/c1-2-3-4-5-6-7-8-9-10-11-12-13-14-15-16-17-19-24-23(28)25-22-18-20-29(26,27)21-22/h22H,2-21H2,1H3,(H2,24,25,28). The first kappa shape index (κ1) is 26.7. The Hall–Kier alpha value is -0.360. The van der Waals surface area contributed by atoms with Crippen molar-refractivity contribution in [3.8, 4) is 0 Å². The summed E-state index contributed by atoms with van der Waals surface area (Å²) in [7, 11) is -2.84. The number of unbranched alkanes of at least 4 members (excludes halogenated alkanes) is 15. The van der Waals surface area contributed by atoms with Crippen molar-refractivity contribution >= 4 is 27.2 Å². The van der Waals surface area contributed by atoms with Gasteiger partial charge in [0, 0.05) is 12.6 Å². The van der Waals surface area contributed by atoms with Crippen molar-refractivity contribution < 1.29 is 8.42 Å². The number of hydrogen-bond donors (Lipinski definition) is 2. The third-order valence-corrected chi connectivity index (χ3v) is 7.91. The van der Waals surface area contributed by atoms with Gasteiger partial charge in [0.25, 0.3) is 0 Å². The van der Waals surface area contributed by atoms with Crippen LogP contribution in [0.5, 0.6) is 0 Å². The van der Waals surface area contributed by atoms with Crippen molar-refractivity contribution in [3.63, 3.8) is 0 Å². The highest BCUT2D eigenvalue weighted by Gasteiger charge is 2.27. The second-order valence-corrected chi connectivity index (χ2v) is 11.4. The molecule has 172 valence electrons. The van der Waals surface area contributed by atoms with E-state index in [1.54, 1.807) is 0 Å². The minimum atomic E-state index is -2.84. The molecule has 0 aromatic rings. The summed E-state index contributed by atoms with van der Waals surface area (Å²) in [6.07, 6.45) is 22.7. The molecule has 1 atom stereocenters. The van der Waals surface area contributed by atoms with E-state index >= 15 is 0 Å². The van der Waals surface area contributed by atoms with Crippen LogP contribution in [0, 0.1) is 0 Å². The van der Waals surface area contributed by atoms with Gasteiger partial charge in [-0.3, -0.25) is 0 Å². The highest BCUT2D eigenvalue weighted by atomic mass is 32.2. The van der Waals surface area contributed by atoms with Crippen molar-refractivity contribution in [3.05, 3.63) is 0 Å². The first-order valence-electron chi connectivity index (χ1n) is 12.3. The second-order valence-electron chi connectivity index (χ2n) is 8.80. The first-order valence-corrected chi connectivity index (χ1v) is 14.5. The molecule has 1 aliphatic heterocycles. The highest BCUT2D eigenvalue weighted by molar-refractivity contribution is 7.91. The summed E-state index contributed by atoms with van der Waals surface area (Å²) >= 11 is 5.26. The molecular weight excluding hydrogens is 400 g/mol. The van der Waals surface area contributed by atoms with E-state index in [9.17, 15) is 8.42 Å². The van der Waals surface area contributed by atoms with Gasteiger partial charge in [-0.25, -0.2) is 8.42 Å². The van der Waals surface area contributed by atoms with Crippen LogP contribution in [0.25, 0.3) is 0 Å². The van der Waals surface area contributed by atoms with E-state index in [0.29, 0.717) is 11.5 Å². The molecule has 6 heteroatoms. The number of rotatable bonds is 18. The molecule has 1 unspecified atom stereocenters. The average molecular weight is 447 g/mol. The summed E-state index contributed by atoms with van der Waals surface area (Å²) in [6.45, 7) is 3.16. The minimum absolute atomic E-state index is 0.00852. The highest BCUT2D eigenvalue weighted by Crippen LogP contribution is 2.14. The SMILES string of the molecule is CCCCCCCCCCCCCCCCCCNC(=S)NC1CCS(=O)(=O)C1. The van der Waals surface area contributed by atoms with Crippen LogP contribution < -0.4 is 10.6 Å². The molecule has 0 radical (unpaired) electrons. The third kappa shape index (κ3) is 16.1. The maximum absolute atomic E-state index is 11.4. The zero-order valence-corrected chi connectivity index (χ0v) is 20.5. The average Bonchev–Trinajstić information content (AvgIpc) is 3.02. The second kappa shape index (κ2) is 17.3. The lowest BCUT2D eigenvalue weighted by Gasteiger charge is -2.14. The summed E-state index contributed by atoms with van der Waals surface area (Å²) in [4.78, 5) is 0. The predicted octanol–water partition coefficient (Wildman–Crippen LogP) is 5.90. The number of thiocarbonyl (C=S) groups is 1. The van der Waals surface area contributed by atoms with Gasteiger partial charge in [-0.1, -0.05) is 103 Å². The van der Waals surface area contributed by atoms with E-state index in [1.165, 1.54) is 96.3 Å². The van der Waals surface area contributed by atoms with Crippen LogP contribution in [-0.2, 0) is 9.84 Å². The van der Waals surface area contributed by atoms with E-state index < -0.39 is 9.84 Å². The molecule has 1 saturated heterocycles. The lowest BCUT2D eigenvalue weighted by Crippen LogP contribution is -2.42. The van der Waals surface area contributed by atoms with Crippen molar-refractivity contribution in [2.24, 2.45) is 0 Å². The first-order chi connectivity index (χ1) is 14.0. The molecule has 0 aliphatic carbocycles. The maximum atomic E-state index is 11.4. The normalized spacial score (nSPS) is 18.0.